The second kappa shape index (κ2) is 7.40. The van der Waals surface area contributed by atoms with Gasteiger partial charge in [-0.3, -0.25) is 9.59 Å². The molecular formula is C21H22ClNO2. The molecular weight excluding hydrogens is 334 g/mol. The zero-order chi connectivity index (χ0) is 18.0. The summed E-state index contributed by atoms with van der Waals surface area (Å²) in [6, 6.07) is 13.8. The minimum atomic E-state index is -0.154. The fraction of sp³-hybridized carbons (Fsp3) is 0.333. The van der Waals surface area contributed by atoms with E-state index in [-0.39, 0.29) is 11.7 Å². The van der Waals surface area contributed by atoms with Crippen LogP contribution in [0.3, 0.4) is 0 Å². The van der Waals surface area contributed by atoms with Crippen LogP contribution in [0, 0.1) is 11.8 Å². The molecule has 1 aliphatic heterocycles. The Morgan fingerprint density at radius 2 is 1.48 bits per heavy atom. The first-order valence-electron chi connectivity index (χ1n) is 8.64. The van der Waals surface area contributed by atoms with Gasteiger partial charge < -0.3 is 4.90 Å². The van der Waals surface area contributed by atoms with Gasteiger partial charge >= 0.3 is 0 Å². The maximum Gasteiger partial charge on any atom is 0.254 e. The van der Waals surface area contributed by atoms with Crippen molar-refractivity contribution in [2.45, 2.75) is 20.3 Å². The fourth-order valence-corrected chi connectivity index (χ4v) is 3.75. The lowest BCUT2D eigenvalue weighted by atomic mass is 9.90. The Bertz CT molecular complexity index is 775. The number of ketones is 1. The minimum Gasteiger partial charge on any atom is -0.338 e. The van der Waals surface area contributed by atoms with Crippen molar-refractivity contribution in [1.82, 2.24) is 4.90 Å². The Morgan fingerprint density at radius 1 is 0.920 bits per heavy atom. The lowest BCUT2D eigenvalue weighted by Gasteiger charge is -2.35. The van der Waals surface area contributed by atoms with Crippen LogP contribution in [-0.4, -0.2) is 29.7 Å². The molecule has 2 aromatic carbocycles. The molecule has 4 heteroatoms. The third-order valence-electron chi connectivity index (χ3n) is 4.66. The molecule has 2 atom stereocenters. The molecule has 1 heterocycles. The summed E-state index contributed by atoms with van der Waals surface area (Å²) in [6.45, 7) is 5.82. The lowest BCUT2D eigenvalue weighted by Crippen LogP contribution is -2.43. The van der Waals surface area contributed by atoms with Gasteiger partial charge in [0.15, 0.2) is 5.78 Å². The van der Waals surface area contributed by atoms with Crippen LogP contribution in [0.1, 0.15) is 46.5 Å². The smallest absolute Gasteiger partial charge is 0.254 e. The fourth-order valence-electron chi connectivity index (χ4n) is 3.62. The summed E-state index contributed by atoms with van der Waals surface area (Å²) in [7, 11) is 0. The highest BCUT2D eigenvalue weighted by molar-refractivity contribution is 6.30. The van der Waals surface area contributed by atoms with Crippen LogP contribution < -0.4 is 0 Å². The highest BCUT2D eigenvalue weighted by atomic mass is 35.5. The van der Waals surface area contributed by atoms with E-state index in [9.17, 15) is 9.59 Å². The van der Waals surface area contributed by atoms with Crippen molar-refractivity contribution in [1.29, 1.82) is 0 Å². The van der Waals surface area contributed by atoms with E-state index < -0.39 is 0 Å². The summed E-state index contributed by atoms with van der Waals surface area (Å²) in [6.07, 6.45) is 1.13. The second-order valence-corrected chi connectivity index (χ2v) is 7.47. The van der Waals surface area contributed by atoms with E-state index in [1.807, 2.05) is 11.0 Å². The van der Waals surface area contributed by atoms with Crippen molar-refractivity contribution in [2.75, 3.05) is 13.1 Å². The number of rotatable bonds is 3. The van der Waals surface area contributed by atoms with Crippen molar-refractivity contribution in [2.24, 2.45) is 11.8 Å². The first kappa shape index (κ1) is 17.7. The van der Waals surface area contributed by atoms with Gasteiger partial charge in [0.25, 0.3) is 5.91 Å². The number of amides is 1. The molecule has 0 spiro atoms. The molecule has 0 saturated carbocycles. The maximum atomic E-state index is 13.1. The molecule has 2 aromatic rings. The van der Waals surface area contributed by atoms with E-state index in [1.54, 1.807) is 42.5 Å². The van der Waals surface area contributed by atoms with Crippen LogP contribution in [-0.2, 0) is 0 Å². The molecule has 25 heavy (non-hydrogen) atoms. The van der Waals surface area contributed by atoms with Gasteiger partial charge in [0, 0.05) is 29.2 Å². The Hall–Kier alpha value is -2.13. The SMILES string of the molecule is CC1CC(C)CN(C(=O)c2ccccc2C(=O)c2ccc(Cl)cc2)C1. The molecule has 0 radical (unpaired) electrons. The van der Waals surface area contributed by atoms with Crippen molar-refractivity contribution >= 4 is 23.3 Å². The van der Waals surface area contributed by atoms with Gasteiger partial charge in [0.2, 0.25) is 0 Å². The number of hydrogen-bond donors (Lipinski definition) is 0. The van der Waals surface area contributed by atoms with Crippen molar-refractivity contribution in [3.8, 4) is 0 Å². The number of carbonyl (C=O) groups is 2. The van der Waals surface area contributed by atoms with Crippen molar-refractivity contribution < 1.29 is 9.59 Å². The summed E-state index contributed by atoms with van der Waals surface area (Å²) < 4.78 is 0. The van der Waals surface area contributed by atoms with E-state index in [1.165, 1.54) is 0 Å². The molecule has 1 fully saturated rings. The van der Waals surface area contributed by atoms with Gasteiger partial charge in [-0.15, -0.1) is 0 Å². The molecule has 3 rings (SSSR count). The molecule has 1 saturated heterocycles. The van der Waals surface area contributed by atoms with Gasteiger partial charge in [-0.05, 0) is 48.6 Å². The minimum absolute atomic E-state index is 0.0590. The van der Waals surface area contributed by atoms with Crippen LogP contribution in [0.2, 0.25) is 5.02 Å². The van der Waals surface area contributed by atoms with Crippen molar-refractivity contribution in [3.63, 3.8) is 0 Å². The first-order valence-corrected chi connectivity index (χ1v) is 9.02. The van der Waals surface area contributed by atoms with Crippen LogP contribution >= 0.6 is 11.6 Å². The van der Waals surface area contributed by atoms with Crippen LogP contribution in [0.15, 0.2) is 48.5 Å². The number of halogens is 1. The highest BCUT2D eigenvalue weighted by Crippen LogP contribution is 2.24. The topological polar surface area (TPSA) is 37.4 Å². The third-order valence-corrected chi connectivity index (χ3v) is 4.92. The van der Waals surface area contributed by atoms with Gasteiger partial charge in [0.05, 0.1) is 5.56 Å². The Kier molecular flexibility index (Phi) is 5.24. The van der Waals surface area contributed by atoms with Gasteiger partial charge in [-0.1, -0.05) is 43.6 Å². The van der Waals surface area contributed by atoms with E-state index >= 15 is 0 Å². The molecule has 3 nitrogen and oxygen atoms in total. The van der Waals surface area contributed by atoms with E-state index in [2.05, 4.69) is 13.8 Å². The van der Waals surface area contributed by atoms with Gasteiger partial charge in [0.1, 0.15) is 0 Å². The second-order valence-electron chi connectivity index (χ2n) is 7.04. The molecule has 130 valence electrons. The number of nitrogens with zero attached hydrogens (tertiary/aromatic N) is 1. The van der Waals surface area contributed by atoms with Gasteiger partial charge in [-0.25, -0.2) is 0 Å². The number of benzene rings is 2. The van der Waals surface area contributed by atoms with Crippen LogP contribution in [0.25, 0.3) is 0 Å². The predicted molar refractivity (Wildman–Crippen MR) is 100 cm³/mol. The maximum absolute atomic E-state index is 13.1. The summed E-state index contributed by atoms with van der Waals surface area (Å²) in [5.41, 5.74) is 1.45. The number of hydrogen-bond acceptors (Lipinski definition) is 2. The summed E-state index contributed by atoms with van der Waals surface area (Å²) in [4.78, 5) is 27.8. The lowest BCUT2D eigenvalue weighted by molar-refractivity contribution is 0.0620. The van der Waals surface area contributed by atoms with Gasteiger partial charge in [-0.2, -0.15) is 0 Å². The van der Waals surface area contributed by atoms with E-state index in [0.29, 0.717) is 33.5 Å². The number of piperidine rings is 1. The predicted octanol–water partition coefficient (Wildman–Crippen LogP) is 4.69. The molecule has 1 amide bonds. The zero-order valence-electron chi connectivity index (χ0n) is 14.5. The first-order chi connectivity index (χ1) is 12.0. The molecule has 2 unspecified atom stereocenters. The summed E-state index contributed by atoms with van der Waals surface area (Å²) in [5, 5.41) is 0.581. The van der Waals surface area contributed by atoms with Crippen molar-refractivity contribution in [3.05, 3.63) is 70.2 Å². The number of carbonyl (C=O) groups excluding carboxylic acids is 2. The standard InChI is InChI=1S/C21H22ClNO2/c1-14-11-15(2)13-23(12-14)21(25)19-6-4-3-5-18(19)20(24)16-7-9-17(22)10-8-16/h3-10,14-15H,11-13H2,1-2H3. The van der Waals surface area contributed by atoms with Crippen LogP contribution in [0.5, 0.6) is 0 Å². The molecule has 0 N–H and O–H groups in total. The van der Waals surface area contributed by atoms with Crippen LogP contribution in [0.4, 0.5) is 0 Å². The summed E-state index contributed by atoms with van der Waals surface area (Å²) in [5.74, 6) is 0.744. The quantitative estimate of drug-likeness (QED) is 0.749. The third kappa shape index (κ3) is 3.93. The number of likely N-dealkylation sites (tertiary alicyclic amines) is 1. The van der Waals surface area contributed by atoms with E-state index in [4.69, 9.17) is 11.6 Å². The highest BCUT2D eigenvalue weighted by Gasteiger charge is 2.28. The normalized spacial score (nSPS) is 20.4. The zero-order valence-corrected chi connectivity index (χ0v) is 15.3. The Balaban J connectivity index is 1.91. The average Bonchev–Trinajstić information content (AvgIpc) is 2.60. The Morgan fingerprint density at radius 3 is 2.08 bits per heavy atom. The largest absolute Gasteiger partial charge is 0.338 e. The molecule has 1 aliphatic rings. The summed E-state index contributed by atoms with van der Waals surface area (Å²) >= 11 is 5.90. The molecule has 0 aliphatic carbocycles. The average molecular weight is 356 g/mol. The monoisotopic (exact) mass is 355 g/mol. The Labute approximate surface area is 153 Å². The van der Waals surface area contributed by atoms with E-state index in [0.717, 1.165) is 19.5 Å². The molecule has 0 aromatic heterocycles. The molecule has 0 bridgehead atoms.